The van der Waals surface area contributed by atoms with Crippen LogP contribution in [0.2, 0.25) is 10.0 Å². The number of thiophene rings is 1. The number of carbonyl (C=O) groups excluding carboxylic acids is 2. The van der Waals surface area contributed by atoms with E-state index in [0.717, 1.165) is 16.5 Å². The summed E-state index contributed by atoms with van der Waals surface area (Å²) < 4.78 is 30.2. The fourth-order valence-corrected chi connectivity index (χ4v) is 8.84. The minimum atomic E-state index is -3.14. The zero-order chi connectivity index (χ0) is 24.9. The molecule has 2 aliphatic heterocycles. The maximum atomic E-state index is 12.9. The van der Waals surface area contributed by atoms with Crippen molar-refractivity contribution in [2.75, 3.05) is 11.5 Å². The summed E-state index contributed by atoms with van der Waals surface area (Å²) >= 11 is 20.3. The number of esters is 1. The van der Waals surface area contributed by atoms with Gasteiger partial charge in [0, 0.05) is 10.1 Å². The maximum absolute atomic E-state index is 12.9. The van der Waals surface area contributed by atoms with Crippen LogP contribution < -0.4 is 4.74 Å². The second-order valence-electron chi connectivity index (χ2n) is 7.93. The summed E-state index contributed by atoms with van der Waals surface area (Å²) in [5.41, 5.74) is 0.705. The first kappa shape index (κ1) is 24.7. The highest BCUT2D eigenvalue weighted by atomic mass is 35.5. The number of carbonyl (C=O) groups is 2. The number of thiocarbonyl (C=S) groups is 1. The Labute approximate surface area is 224 Å². The highest BCUT2D eigenvalue weighted by molar-refractivity contribution is 8.26. The van der Waals surface area contributed by atoms with Crippen molar-refractivity contribution in [1.29, 1.82) is 0 Å². The first-order valence-electron chi connectivity index (χ1n) is 10.3. The summed E-state index contributed by atoms with van der Waals surface area (Å²) in [6.45, 7) is 0. The topological polar surface area (TPSA) is 80.8 Å². The van der Waals surface area contributed by atoms with E-state index in [9.17, 15) is 18.0 Å². The van der Waals surface area contributed by atoms with E-state index < -0.39 is 21.8 Å². The lowest BCUT2D eigenvalue weighted by Crippen LogP contribution is -2.39. The van der Waals surface area contributed by atoms with Gasteiger partial charge in [0.25, 0.3) is 5.91 Å². The summed E-state index contributed by atoms with van der Waals surface area (Å²) in [7, 11) is -3.14. The summed E-state index contributed by atoms with van der Waals surface area (Å²) in [5, 5.41) is 1.34. The molecule has 0 radical (unpaired) electrons. The SMILES string of the molecule is O=C(Oc1ccc(/C=C2/SC(=S)N([C@H]3CCS(=O)(=O)C3)C2=O)cc1)c1sc2cccc(Cl)c2c1Cl. The van der Waals surface area contributed by atoms with Gasteiger partial charge in [0.15, 0.2) is 9.84 Å². The Hall–Kier alpha value is -1.95. The number of fused-ring (bicyclic) bond motifs is 1. The number of sulfone groups is 1. The second-order valence-corrected chi connectivity index (χ2v) is 13.7. The van der Waals surface area contributed by atoms with Gasteiger partial charge in [-0.15, -0.1) is 11.3 Å². The molecule has 35 heavy (non-hydrogen) atoms. The Kier molecular flexibility index (Phi) is 6.71. The number of benzene rings is 2. The lowest BCUT2D eigenvalue weighted by Gasteiger charge is -2.20. The molecule has 0 unspecified atom stereocenters. The summed E-state index contributed by atoms with van der Waals surface area (Å²) in [6.07, 6.45) is 2.07. The average Bonchev–Trinajstić information content (AvgIpc) is 3.42. The first-order chi connectivity index (χ1) is 16.6. The van der Waals surface area contributed by atoms with Gasteiger partial charge >= 0.3 is 5.97 Å². The van der Waals surface area contributed by atoms with Crippen LogP contribution in [0.25, 0.3) is 16.2 Å². The molecule has 5 rings (SSSR count). The molecule has 0 bridgehead atoms. The molecule has 1 aromatic heterocycles. The molecule has 12 heteroatoms. The van der Waals surface area contributed by atoms with Crippen LogP contribution in [0.3, 0.4) is 0 Å². The van der Waals surface area contributed by atoms with Gasteiger partial charge in [0.1, 0.15) is 14.9 Å². The van der Waals surface area contributed by atoms with Crippen molar-refractivity contribution in [1.82, 2.24) is 4.90 Å². The van der Waals surface area contributed by atoms with Crippen LogP contribution in [0.4, 0.5) is 0 Å². The van der Waals surface area contributed by atoms with Crippen LogP contribution >= 0.6 is 58.5 Å². The van der Waals surface area contributed by atoms with E-state index in [1.165, 1.54) is 16.2 Å². The van der Waals surface area contributed by atoms with Crippen molar-refractivity contribution in [3.63, 3.8) is 0 Å². The molecule has 2 aromatic carbocycles. The van der Waals surface area contributed by atoms with Crippen LogP contribution in [0.15, 0.2) is 47.4 Å². The number of thioether (sulfide) groups is 1. The molecule has 0 N–H and O–H groups in total. The lowest BCUT2D eigenvalue weighted by molar-refractivity contribution is -0.123. The largest absolute Gasteiger partial charge is 0.422 e. The Morgan fingerprint density at radius 3 is 2.57 bits per heavy atom. The fraction of sp³-hybridized carbons (Fsp3) is 0.174. The van der Waals surface area contributed by atoms with Crippen molar-refractivity contribution in [3.05, 3.63) is 67.9 Å². The first-order valence-corrected chi connectivity index (χ1v) is 14.9. The number of ether oxygens (including phenoxy) is 1. The number of halogens is 2. The molecule has 1 atom stereocenters. The van der Waals surface area contributed by atoms with E-state index in [4.69, 9.17) is 40.2 Å². The summed E-state index contributed by atoms with van der Waals surface area (Å²) in [4.78, 5) is 27.7. The standard InChI is InChI=1S/C23H15Cl2NO5S4/c24-15-2-1-3-16-18(15)19(25)20(33-16)22(28)31-14-6-4-12(5-7-14)10-17-21(27)26(23(32)34-17)13-8-9-35(29,30)11-13/h1-7,10,13H,8-9,11H2/b17-10+/t13-/m0/s1. The summed E-state index contributed by atoms with van der Waals surface area (Å²) in [6, 6.07) is 11.5. The molecule has 3 heterocycles. The molecule has 2 fully saturated rings. The molecule has 0 aliphatic carbocycles. The predicted octanol–water partition coefficient (Wildman–Crippen LogP) is 5.82. The van der Waals surface area contributed by atoms with Gasteiger partial charge in [-0.1, -0.05) is 65.4 Å². The van der Waals surface area contributed by atoms with Crippen LogP contribution in [0, 0.1) is 0 Å². The monoisotopic (exact) mass is 583 g/mol. The Morgan fingerprint density at radius 2 is 1.91 bits per heavy atom. The number of amides is 1. The zero-order valence-corrected chi connectivity index (χ0v) is 22.5. The zero-order valence-electron chi connectivity index (χ0n) is 17.7. The third-order valence-corrected chi connectivity index (χ3v) is 10.6. The second kappa shape index (κ2) is 9.49. The Bertz CT molecular complexity index is 1530. The number of rotatable bonds is 4. The number of hydrogen-bond donors (Lipinski definition) is 0. The molecule has 3 aromatic rings. The number of hydrogen-bond acceptors (Lipinski definition) is 8. The van der Waals surface area contributed by atoms with E-state index in [1.54, 1.807) is 42.5 Å². The number of nitrogens with zero attached hydrogens (tertiary/aromatic N) is 1. The molecular weight excluding hydrogens is 569 g/mol. The molecule has 2 aliphatic rings. The normalized spacial score (nSPS) is 20.8. The third-order valence-electron chi connectivity index (χ3n) is 5.58. The average molecular weight is 585 g/mol. The Balaban J connectivity index is 1.30. The molecule has 180 valence electrons. The lowest BCUT2D eigenvalue weighted by atomic mass is 10.2. The molecule has 1 amide bonds. The van der Waals surface area contributed by atoms with Crippen LogP contribution in [-0.2, 0) is 14.6 Å². The van der Waals surface area contributed by atoms with Gasteiger partial charge < -0.3 is 4.74 Å². The van der Waals surface area contributed by atoms with E-state index in [0.29, 0.717) is 37.4 Å². The molecule has 2 saturated heterocycles. The minimum absolute atomic E-state index is 0.0632. The Morgan fingerprint density at radius 1 is 1.17 bits per heavy atom. The highest BCUT2D eigenvalue weighted by Crippen LogP contribution is 2.40. The quantitative estimate of drug-likeness (QED) is 0.166. The third kappa shape index (κ3) is 4.87. The van der Waals surface area contributed by atoms with E-state index >= 15 is 0 Å². The molecular formula is C23H15Cl2NO5S4. The maximum Gasteiger partial charge on any atom is 0.355 e. The highest BCUT2D eigenvalue weighted by Gasteiger charge is 2.42. The van der Waals surface area contributed by atoms with Crippen LogP contribution in [0.5, 0.6) is 5.75 Å². The van der Waals surface area contributed by atoms with Gasteiger partial charge in [-0.05, 0) is 42.3 Å². The van der Waals surface area contributed by atoms with Gasteiger partial charge in [-0.2, -0.15) is 0 Å². The van der Waals surface area contributed by atoms with Crippen LogP contribution in [-0.4, -0.2) is 47.1 Å². The van der Waals surface area contributed by atoms with Crippen molar-refractivity contribution in [3.8, 4) is 5.75 Å². The van der Waals surface area contributed by atoms with Crippen molar-refractivity contribution in [2.45, 2.75) is 12.5 Å². The van der Waals surface area contributed by atoms with Crippen molar-refractivity contribution < 1.29 is 22.7 Å². The van der Waals surface area contributed by atoms with Gasteiger partial charge in [0.05, 0.1) is 32.5 Å². The minimum Gasteiger partial charge on any atom is -0.422 e. The molecule has 0 saturated carbocycles. The van der Waals surface area contributed by atoms with E-state index in [2.05, 4.69) is 0 Å². The van der Waals surface area contributed by atoms with Crippen LogP contribution in [0.1, 0.15) is 21.7 Å². The van der Waals surface area contributed by atoms with E-state index in [-0.39, 0.29) is 27.3 Å². The smallest absolute Gasteiger partial charge is 0.355 e. The van der Waals surface area contributed by atoms with Crippen molar-refractivity contribution >= 4 is 101 Å². The summed E-state index contributed by atoms with van der Waals surface area (Å²) in [5.74, 6) is -0.574. The molecule has 0 spiro atoms. The van der Waals surface area contributed by atoms with Gasteiger partial charge in [-0.25, -0.2) is 13.2 Å². The van der Waals surface area contributed by atoms with Crippen molar-refractivity contribution in [2.24, 2.45) is 0 Å². The van der Waals surface area contributed by atoms with E-state index in [1.807, 2.05) is 6.07 Å². The van der Waals surface area contributed by atoms with Gasteiger partial charge in [-0.3, -0.25) is 9.69 Å². The predicted molar refractivity (Wildman–Crippen MR) is 145 cm³/mol. The molecule has 6 nitrogen and oxygen atoms in total. The van der Waals surface area contributed by atoms with Gasteiger partial charge in [0.2, 0.25) is 0 Å². The fourth-order valence-electron chi connectivity index (χ4n) is 3.91.